The van der Waals surface area contributed by atoms with E-state index in [1.54, 1.807) is 0 Å². The van der Waals surface area contributed by atoms with Gasteiger partial charge >= 0.3 is 11.9 Å². The number of hydrogen-bond donors (Lipinski definition) is 7. The smallest absolute Gasteiger partial charge is 0.335 e. The summed E-state index contributed by atoms with van der Waals surface area (Å²) in [6, 6.07) is 0. The Labute approximate surface area is 88.8 Å². The molecular formula is C7H12O9. The molecule has 0 saturated carbocycles. The summed E-state index contributed by atoms with van der Waals surface area (Å²) in [5.41, 5.74) is 0. The molecule has 0 radical (unpaired) electrons. The van der Waals surface area contributed by atoms with Crippen LogP contribution in [0.15, 0.2) is 0 Å². The topological polar surface area (TPSA) is 176 Å². The van der Waals surface area contributed by atoms with Gasteiger partial charge in [0.25, 0.3) is 0 Å². The van der Waals surface area contributed by atoms with Crippen molar-refractivity contribution in [3.05, 3.63) is 0 Å². The van der Waals surface area contributed by atoms with Gasteiger partial charge in [0.15, 0.2) is 12.2 Å². The average Bonchev–Trinajstić information content (AvgIpc) is 2.23. The molecule has 0 saturated heterocycles. The van der Waals surface area contributed by atoms with Crippen molar-refractivity contribution in [3.63, 3.8) is 0 Å². The van der Waals surface area contributed by atoms with Crippen molar-refractivity contribution in [2.45, 2.75) is 30.5 Å². The fourth-order valence-corrected chi connectivity index (χ4v) is 0.868. The number of aliphatic hydroxyl groups excluding tert-OH is 5. The molecule has 16 heavy (non-hydrogen) atoms. The fourth-order valence-electron chi connectivity index (χ4n) is 0.868. The van der Waals surface area contributed by atoms with E-state index in [1.165, 1.54) is 0 Å². The number of aliphatic hydroxyl groups is 5. The molecule has 0 unspecified atom stereocenters. The third-order valence-electron chi connectivity index (χ3n) is 1.85. The van der Waals surface area contributed by atoms with Crippen molar-refractivity contribution >= 4 is 11.9 Å². The molecule has 0 aromatic rings. The molecule has 0 aromatic heterocycles. The summed E-state index contributed by atoms with van der Waals surface area (Å²) in [6.07, 6.45) is -11.8. The summed E-state index contributed by atoms with van der Waals surface area (Å²) in [5, 5.41) is 61.2. The minimum atomic E-state index is -2.41. The first-order valence-electron chi connectivity index (χ1n) is 4.06. The Bertz CT molecular complexity index is 239. The molecule has 0 aliphatic carbocycles. The van der Waals surface area contributed by atoms with Gasteiger partial charge in [-0.2, -0.15) is 0 Å². The first-order valence-corrected chi connectivity index (χ1v) is 4.06. The Kier molecular flexibility index (Phi) is 5.27. The van der Waals surface area contributed by atoms with Crippen LogP contribution < -0.4 is 0 Å². The molecule has 5 atom stereocenters. The maximum atomic E-state index is 10.2. The van der Waals surface area contributed by atoms with Crippen LogP contribution in [0.1, 0.15) is 0 Å². The van der Waals surface area contributed by atoms with Crippen LogP contribution in [0.25, 0.3) is 0 Å². The van der Waals surface area contributed by atoms with E-state index in [2.05, 4.69) is 0 Å². The van der Waals surface area contributed by atoms with Crippen LogP contribution in [0.3, 0.4) is 0 Å². The second kappa shape index (κ2) is 5.72. The largest absolute Gasteiger partial charge is 0.479 e. The molecule has 0 rings (SSSR count). The monoisotopic (exact) mass is 240 g/mol. The molecule has 7 N–H and O–H groups in total. The number of carboxylic acid groups (broad SMARTS) is 2. The maximum Gasteiger partial charge on any atom is 0.335 e. The lowest BCUT2D eigenvalue weighted by Crippen LogP contribution is -2.52. The summed E-state index contributed by atoms with van der Waals surface area (Å²) in [5.74, 6) is -3.74. The molecule has 0 heterocycles. The predicted molar refractivity (Wildman–Crippen MR) is 45.3 cm³/mol. The van der Waals surface area contributed by atoms with Gasteiger partial charge in [0.1, 0.15) is 18.3 Å². The summed E-state index contributed by atoms with van der Waals surface area (Å²) < 4.78 is 0. The molecule has 0 amide bonds. The van der Waals surface area contributed by atoms with Crippen molar-refractivity contribution in [3.8, 4) is 0 Å². The lowest BCUT2D eigenvalue weighted by molar-refractivity contribution is -0.175. The van der Waals surface area contributed by atoms with Crippen LogP contribution in [-0.4, -0.2) is 78.2 Å². The van der Waals surface area contributed by atoms with E-state index in [9.17, 15) is 9.59 Å². The molecule has 9 nitrogen and oxygen atoms in total. The zero-order chi connectivity index (χ0) is 13.0. The zero-order valence-corrected chi connectivity index (χ0v) is 7.83. The fraction of sp³-hybridized carbons (Fsp3) is 0.714. The van der Waals surface area contributed by atoms with Crippen molar-refractivity contribution in [2.24, 2.45) is 0 Å². The molecular weight excluding hydrogens is 228 g/mol. The van der Waals surface area contributed by atoms with E-state index in [0.717, 1.165) is 0 Å². The first-order chi connectivity index (χ1) is 7.20. The van der Waals surface area contributed by atoms with Crippen LogP contribution in [0.4, 0.5) is 0 Å². The van der Waals surface area contributed by atoms with Crippen LogP contribution in [-0.2, 0) is 9.59 Å². The highest BCUT2D eigenvalue weighted by Gasteiger charge is 2.39. The Morgan fingerprint density at radius 1 is 0.625 bits per heavy atom. The summed E-state index contributed by atoms with van der Waals surface area (Å²) in [6.45, 7) is 0. The lowest BCUT2D eigenvalue weighted by atomic mass is 9.99. The van der Waals surface area contributed by atoms with Gasteiger partial charge in [-0.05, 0) is 0 Å². The van der Waals surface area contributed by atoms with Crippen molar-refractivity contribution in [1.29, 1.82) is 0 Å². The van der Waals surface area contributed by atoms with Crippen LogP contribution in [0, 0.1) is 0 Å². The average molecular weight is 240 g/mol. The summed E-state index contributed by atoms with van der Waals surface area (Å²) in [7, 11) is 0. The first kappa shape index (κ1) is 14.7. The standard InChI is InChI=1S/C7H12O9/c8-1(2(9)4(11)6(13)14)3(10)5(12)7(15)16/h1-5,8-12H,(H,13,14)(H,15,16)/t1-,2-,3-,4+,5-/m1/s1. The minimum absolute atomic E-state index is 1.87. The third kappa shape index (κ3) is 3.40. The highest BCUT2D eigenvalue weighted by atomic mass is 16.4. The zero-order valence-electron chi connectivity index (χ0n) is 7.83. The van der Waals surface area contributed by atoms with E-state index in [0.29, 0.717) is 0 Å². The van der Waals surface area contributed by atoms with Gasteiger partial charge < -0.3 is 35.7 Å². The van der Waals surface area contributed by atoms with E-state index in [1.807, 2.05) is 0 Å². The van der Waals surface area contributed by atoms with Crippen molar-refractivity contribution in [1.82, 2.24) is 0 Å². The normalized spacial score (nSPS) is 20.6. The highest BCUT2D eigenvalue weighted by molar-refractivity contribution is 5.74. The molecule has 0 spiro atoms. The predicted octanol–water partition coefficient (Wildman–Crippen LogP) is -4.04. The van der Waals surface area contributed by atoms with Gasteiger partial charge in [-0.25, -0.2) is 9.59 Å². The number of carboxylic acids is 2. The van der Waals surface area contributed by atoms with Crippen molar-refractivity contribution in [2.75, 3.05) is 0 Å². The quantitative estimate of drug-likeness (QED) is 0.243. The number of aliphatic carboxylic acids is 2. The van der Waals surface area contributed by atoms with Gasteiger partial charge in [0, 0.05) is 0 Å². The van der Waals surface area contributed by atoms with E-state index in [4.69, 9.17) is 35.7 Å². The van der Waals surface area contributed by atoms with Gasteiger partial charge in [-0.1, -0.05) is 0 Å². The molecule has 0 aliphatic rings. The Balaban J connectivity index is 4.60. The summed E-state index contributed by atoms with van der Waals surface area (Å²) in [4.78, 5) is 20.4. The lowest BCUT2D eigenvalue weighted by Gasteiger charge is -2.25. The van der Waals surface area contributed by atoms with Gasteiger partial charge in [-0.3, -0.25) is 0 Å². The van der Waals surface area contributed by atoms with Crippen molar-refractivity contribution < 1.29 is 45.3 Å². The molecule has 0 bridgehead atoms. The summed E-state index contributed by atoms with van der Waals surface area (Å²) >= 11 is 0. The van der Waals surface area contributed by atoms with Crippen LogP contribution in [0.5, 0.6) is 0 Å². The molecule has 0 aromatic carbocycles. The number of carbonyl (C=O) groups is 2. The second-order valence-corrected chi connectivity index (χ2v) is 3.04. The SMILES string of the molecule is O=C(O)[C@@H](O)[C@H](O)[C@@H](O)[C@@H](O)[C@@H](O)C(=O)O. The van der Waals surface area contributed by atoms with E-state index < -0.39 is 42.5 Å². The molecule has 0 fully saturated rings. The second-order valence-electron chi connectivity index (χ2n) is 3.04. The Hall–Kier alpha value is -1.26. The van der Waals surface area contributed by atoms with Crippen LogP contribution >= 0.6 is 0 Å². The molecule has 94 valence electrons. The van der Waals surface area contributed by atoms with E-state index in [-0.39, 0.29) is 0 Å². The maximum absolute atomic E-state index is 10.2. The highest BCUT2D eigenvalue weighted by Crippen LogP contribution is 2.09. The van der Waals surface area contributed by atoms with Crippen LogP contribution in [0.2, 0.25) is 0 Å². The van der Waals surface area contributed by atoms with E-state index >= 15 is 0 Å². The molecule has 9 heteroatoms. The van der Waals surface area contributed by atoms with Gasteiger partial charge in [0.2, 0.25) is 0 Å². The minimum Gasteiger partial charge on any atom is -0.479 e. The Morgan fingerprint density at radius 3 is 1.06 bits per heavy atom. The van der Waals surface area contributed by atoms with Gasteiger partial charge in [-0.15, -0.1) is 0 Å². The third-order valence-corrected chi connectivity index (χ3v) is 1.85. The Morgan fingerprint density at radius 2 is 0.875 bits per heavy atom. The number of hydrogen-bond acceptors (Lipinski definition) is 7. The number of rotatable bonds is 6. The van der Waals surface area contributed by atoms with Gasteiger partial charge in [0.05, 0.1) is 0 Å². The molecule has 0 aliphatic heterocycles.